The van der Waals surface area contributed by atoms with Crippen LogP contribution in [0.5, 0.6) is 5.75 Å². The fourth-order valence-corrected chi connectivity index (χ4v) is 3.95. The number of benzene rings is 1. The van der Waals surface area contributed by atoms with Crippen LogP contribution < -0.4 is 15.4 Å². The molecule has 4 nitrogen and oxygen atoms in total. The summed E-state index contributed by atoms with van der Waals surface area (Å²) in [6, 6.07) is 6.64. The van der Waals surface area contributed by atoms with Crippen LogP contribution in [0.4, 0.5) is 18.9 Å². The second-order valence-electron chi connectivity index (χ2n) is 7.44. The predicted octanol–water partition coefficient (Wildman–Crippen LogP) is 4.46. The first-order chi connectivity index (χ1) is 12.4. The summed E-state index contributed by atoms with van der Waals surface area (Å²) in [6.45, 7) is 4.63. The molecule has 1 aromatic carbocycles. The van der Waals surface area contributed by atoms with Crippen molar-refractivity contribution in [2.24, 2.45) is 11.7 Å². The molecule has 0 spiro atoms. The van der Waals surface area contributed by atoms with Crippen LogP contribution in [0.2, 0.25) is 0 Å². The molecule has 2 aliphatic rings. The number of ether oxygens (including phenoxy) is 1. The largest absolute Gasteiger partial charge is 0.573 e. The van der Waals surface area contributed by atoms with Gasteiger partial charge in [-0.3, -0.25) is 4.90 Å². The lowest BCUT2D eigenvalue weighted by Crippen LogP contribution is -2.47. The van der Waals surface area contributed by atoms with Gasteiger partial charge in [0.1, 0.15) is 5.75 Å². The molecule has 1 heterocycles. The van der Waals surface area contributed by atoms with E-state index in [2.05, 4.69) is 14.5 Å². The zero-order valence-electron chi connectivity index (χ0n) is 15.9. The van der Waals surface area contributed by atoms with Gasteiger partial charge in [-0.25, -0.2) is 0 Å². The molecular formula is C19H30Cl2F3N3O. The zero-order valence-corrected chi connectivity index (χ0v) is 17.5. The topological polar surface area (TPSA) is 41.7 Å². The summed E-state index contributed by atoms with van der Waals surface area (Å²) in [5, 5.41) is 0. The van der Waals surface area contributed by atoms with Gasteiger partial charge < -0.3 is 15.4 Å². The molecule has 1 aromatic rings. The number of alkyl halides is 3. The fraction of sp³-hybridized carbons (Fsp3) is 0.684. The standard InChI is InChI=1S/C19H28F3N3O.2ClH/c20-19(21,22)26-18-3-1-2-17(14-18)25-12-10-24(11-13-25)9-8-15-4-6-16(23)7-5-15;;/h1-3,14-16H,4-13,23H2;2*1H. The summed E-state index contributed by atoms with van der Waals surface area (Å²) in [6.07, 6.45) is 1.35. The van der Waals surface area contributed by atoms with E-state index >= 15 is 0 Å². The minimum Gasteiger partial charge on any atom is -0.406 e. The van der Waals surface area contributed by atoms with Crippen molar-refractivity contribution in [1.82, 2.24) is 4.90 Å². The third-order valence-corrected chi connectivity index (χ3v) is 5.53. The molecule has 0 radical (unpaired) electrons. The van der Waals surface area contributed by atoms with Gasteiger partial charge in [-0.15, -0.1) is 38.0 Å². The molecule has 0 unspecified atom stereocenters. The summed E-state index contributed by atoms with van der Waals surface area (Å²) in [7, 11) is 0. The number of anilines is 1. The number of hydrogen-bond acceptors (Lipinski definition) is 4. The van der Waals surface area contributed by atoms with Crippen molar-refractivity contribution in [3.05, 3.63) is 24.3 Å². The van der Waals surface area contributed by atoms with Crippen LogP contribution >= 0.6 is 24.8 Å². The number of piperazine rings is 1. The molecule has 162 valence electrons. The number of hydrogen-bond donors (Lipinski definition) is 1. The summed E-state index contributed by atoms with van der Waals surface area (Å²) in [5.41, 5.74) is 6.75. The van der Waals surface area contributed by atoms with Crippen LogP contribution in [0, 0.1) is 5.92 Å². The van der Waals surface area contributed by atoms with Crippen LogP contribution in [-0.2, 0) is 0 Å². The molecule has 1 saturated heterocycles. The van der Waals surface area contributed by atoms with Crippen molar-refractivity contribution in [3.8, 4) is 5.75 Å². The van der Waals surface area contributed by atoms with Crippen LogP contribution in [0.3, 0.4) is 0 Å². The summed E-state index contributed by atoms with van der Waals surface area (Å²) in [5.74, 6) is 0.636. The van der Waals surface area contributed by atoms with Gasteiger partial charge in [0.2, 0.25) is 0 Å². The number of nitrogens with zero attached hydrogens (tertiary/aromatic N) is 2. The molecule has 2 fully saturated rings. The monoisotopic (exact) mass is 443 g/mol. The molecule has 28 heavy (non-hydrogen) atoms. The maximum absolute atomic E-state index is 12.4. The molecule has 2 N–H and O–H groups in total. The molecule has 1 aliphatic heterocycles. The van der Waals surface area contributed by atoms with Gasteiger partial charge in [0.25, 0.3) is 0 Å². The molecule has 1 aliphatic carbocycles. The third kappa shape index (κ3) is 7.85. The van der Waals surface area contributed by atoms with E-state index in [-0.39, 0.29) is 30.6 Å². The van der Waals surface area contributed by atoms with Crippen LogP contribution in [0.25, 0.3) is 0 Å². The van der Waals surface area contributed by atoms with Crippen molar-refractivity contribution in [2.45, 2.75) is 44.5 Å². The van der Waals surface area contributed by atoms with Gasteiger partial charge >= 0.3 is 6.36 Å². The lowest BCUT2D eigenvalue weighted by Gasteiger charge is -2.37. The number of halogens is 5. The van der Waals surface area contributed by atoms with Crippen LogP contribution in [0.15, 0.2) is 24.3 Å². The normalized spacial score (nSPS) is 23.5. The Bertz CT molecular complexity index is 576. The Morgan fingerprint density at radius 3 is 2.25 bits per heavy atom. The Kier molecular flexibility index (Phi) is 10.2. The highest BCUT2D eigenvalue weighted by Gasteiger charge is 2.31. The zero-order chi connectivity index (χ0) is 18.6. The van der Waals surface area contributed by atoms with Gasteiger partial charge in [-0.2, -0.15) is 0 Å². The van der Waals surface area contributed by atoms with Crippen molar-refractivity contribution in [1.29, 1.82) is 0 Å². The fourth-order valence-electron chi connectivity index (χ4n) is 3.95. The maximum atomic E-state index is 12.4. The minimum atomic E-state index is -4.65. The Hall–Kier alpha value is -0.890. The highest BCUT2D eigenvalue weighted by Crippen LogP contribution is 2.28. The number of nitrogens with two attached hydrogens (primary N) is 1. The first-order valence-electron chi connectivity index (χ1n) is 9.48. The average Bonchev–Trinajstić information content (AvgIpc) is 2.60. The van der Waals surface area contributed by atoms with E-state index in [1.165, 1.54) is 31.4 Å². The Morgan fingerprint density at radius 1 is 1.00 bits per heavy atom. The molecule has 9 heteroatoms. The molecule has 0 atom stereocenters. The van der Waals surface area contributed by atoms with E-state index in [1.54, 1.807) is 6.07 Å². The van der Waals surface area contributed by atoms with Crippen molar-refractivity contribution in [3.63, 3.8) is 0 Å². The SMILES string of the molecule is Cl.Cl.NC1CCC(CCN2CCN(c3cccc(OC(F)(F)F)c3)CC2)CC1. The van der Waals surface area contributed by atoms with E-state index in [0.29, 0.717) is 6.04 Å². The quantitative estimate of drug-likeness (QED) is 0.729. The molecule has 0 bridgehead atoms. The highest BCUT2D eigenvalue weighted by molar-refractivity contribution is 5.85. The smallest absolute Gasteiger partial charge is 0.406 e. The van der Waals surface area contributed by atoms with Gasteiger partial charge in [-0.05, 0) is 56.7 Å². The van der Waals surface area contributed by atoms with Crippen LogP contribution in [0.1, 0.15) is 32.1 Å². The molecule has 1 saturated carbocycles. The van der Waals surface area contributed by atoms with E-state index < -0.39 is 6.36 Å². The van der Waals surface area contributed by atoms with Gasteiger partial charge in [0.05, 0.1) is 0 Å². The Morgan fingerprint density at radius 2 is 1.64 bits per heavy atom. The van der Waals surface area contributed by atoms with E-state index in [9.17, 15) is 13.2 Å². The third-order valence-electron chi connectivity index (χ3n) is 5.53. The van der Waals surface area contributed by atoms with Gasteiger partial charge in [0.15, 0.2) is 0 Å². The van der Waals surface area contributed by atoms with Crippen molar-refractivity contribution >= 4 is 30.5 Å². The first kappa shape index (κ1) is 25.1. The van der Waals surface area contributed by atoms with Crippen molar-refractivity contribution < 1.29 is 17.9 Å². The van der Waals surface area contributed by atoms with Crippen molar-refractivity contribution in [2.75, 3.05) is 37.6 Å². The van der Waals surface area contributed by atoms with E-state index in [0.717, 1.165) is 57.2 Å². The maximum Gasteiger partial charge on any atom is 0.573 e. The molecule has 0 aromatic heterocycles. The number of rotatable bonds is 5. The van der Waals surface area contributed by atoms with Crippen LogP contribution in [-0.4, -0.2) is 50.0 Å². The Labute approximate surface area is 177 Å². The second-order valence-corrected chi connectivity index (χ2v) is 7.44. The lowest BCUT2D eigenvalue weighted by molar-refractivity contribution is -0.274. The molecular weight excluding hydrogens is 414 g/mol. The highest BCUT2D eigenvalue weighted by atomic mass is 35.5. The Balaban J connectivity index is 0.00000196. The summed E-state index contributed by atoms with van der Waals surface area (Å²) in [4.78, 5) is 4.58. The van der Waals surface area contributed by atoms with E-state index in [4.69, 9.17) is 5.73 Å². The second kappa shape index (κ2) is 11.3. The summed E-state index contributed by atoms with van der Waals surface area (Å²) < 4.78 is 41.2. The lowest BCUT2D eigenvalue weighted by atomic mass is 9.84. The van der Waals surface area contributed by atoms with Gasteiger partial charge in [-0.1, -0.05) is 6.07 Å². The van der Waals surface area contributed by atoms with Gasteiger partial charge in [0, 0.05) is 44.0 Å². The molecule has 0 amide bonds. The first-order valence-corrected chi connectivity index (χ1v) is 9.48. The molecule has 3 rings (SSSR count). The minimum absolute atomic E-state index is 0. The average molecular weight is 444 g/mol. The van der Waals surface area contributed by atoms with E-state index in [1.807, 2.05) is 6.07 Å². The summed E-state index contributed by atoms with van der Waals surface area (Å²) >= 11 is 0. The predicted molar refractivity (Wildman–Crippen MR) is 111 cm³/mol.